The van der Waals surface area contributed by atoms with Crippen LogP contribution in [-0.4, -0.2) is 0 Å². The molecule has 240 valence electrons. The van der Waals surface area contributed by atoms with E-state index in [2.05, 4.69) is 193 Å². The van der Waals surface area contributed by atoms with Crippen LogP contribution in [0.25, 0.3) is 73.7 Å². The molecule has 0 N–H and O–H groups in total. The van der Waals surface area contributed by atoms with Crippen LogP contribution in [0.4, 0.5) is 17.1 Å². The lowest BCUT2D eigenvalue weighted by Gasteiger charge is -2.27. The maximum atomic E-state index is 2.43. The SMILES string of the molecule is c1ccc(-c2ccc(N(c3ccc(-c4ccc5sc6ccccc6c5c4)cc3)c3ccc(-c4ccccc4)c4c3sc3ccccc34)cc2)cc1. The summed E-state index contributed by atoms with van der Waals surface area (Å²) in [4.78, 5) is 2.43. The maximum absolute atomic E-state index is 2.43. The summed E-state index contributed by atoms with van der Waals surface area (Å²) >= 11 is 3.74. The first-order chi connectivity index (χ1) is 25.3. The molecule has 10 rings (SSSR count). The minimum atomic E-state index is 1.12. The topological polar surface area (TPSA) is 3.24 Å². The highest BCUT2D eigenvalue weighted by atomic mass is 32.1. The second-order valence-corrected chi connectivity index (χ2v) is 15.0. The standard InChI is InChI=1S/C48H31NS2/c1-3-11-32(12-4-1)33-19-24-37(25-20-33)49(38-26-21-34(22-27-38)36-23-30-46-42(31-36)40-15-7-9-17-44(40)50-46)43-29-28-39(35-13-5-2-6-14-35)47-41-16-8-10-18-45(41)51-48(43)47/h1-31H. The van der Waals surface area contributed by atoms with Crippen molar-refractivity contribution in [1.29, 1.82) is 0 Å². The van der Waals surface area contributed by atoms with Gasteiger partial charge in [-0.2, -0.15) is 0 Å². The monoisotopic (exact) mass is 685 g/mol. The van der Waals surface area contributed by atoms with Gasteiger partial charge in [-0.3, -0.25) is 0 Å². The number of hydrogen-bond acceptors (Lipinski definition) is 3. The van der Waals surface area contributed by atoms with E-state index in [1.165, 1.54) is 79.4 Å². The van der Waals surface area contributed by atoms with Gasteiger partial charge in [-0.25, -0.2) is 0 Å². The minimum absolute atomic E-state index is 1.12. The van der Waals surface area contributed by atoms with E-state index in [0.717, 1.165) is 11.4 Å². The quantitative estimate of drug-likeness (QED) is 0.168. The molecule has 0 fully saturated rings. The van der Waals surface area contributed by atoms with E-state index in [9.17, 15) is 0 Å². The first kappa shape index (κ1) is 29.9. The second kappa shape index (κ2) is 12.4. The zero-order valence-electron chi connectivity index (χ0n) is 27.7. The fourth-order valence-corrected chi connectivity index (χ4v) is 9.74. The van der Waals surface area contributed by atoms with Crippen LogP contribution in [0, 0.1) is 0 Å². The van der Waals surface area contributed by atoms with Crippen LogP contribution in [0.3, 0.4) is 0 Å². The van der Waals surface area contributed by atoms with Gasteiger partial charge in [0, 0.05) is 47.0 Å². The van der Waals surface area contributed by atoms with E-state index in [-0.39, 0.29) is 0 Å². The largest absolute Gasteiger partial charge is 0.309 e. The highest BCUT2D eigenvalue weighted by Crippen LogP contribution is 2.48. The fraction of sp³-hybridized carbons (Fsp3) is 0. The van der Waals surface area contributed by atoms with Gasteiger partial charge < -0.3 is 4.90 Å². The lowest BCUT2D eigenvalue weighted by Crippen LogP contribution is -2.10. The Labute approximate surface area is 304 Å². The summed E-state index contributed by atoms with van der Waals surface area (Å²) in [6.07, 6.45) is 0. The lowest BCUT2D eigenvalue weighted by atomic mass is 9.98. The van der Waals surface area contributed by atoms with Gasteiger partial charge in [0.15, 0.2) is 0 Å². The summed E-state index contributed by atoms with van der Waals surface area (Å²) in [5, 5.41) is 5.25. The molecular weight excluding hydrogens is 655 g/mol. The van der Waals surface area contributed by atoms with E-state index in [4.69, 9.17) is 0 Å². The first-order valence-corrected chi connectivity index (χ1v) is 18.9. The number of rotatable bonds is 6. The summed E-state index contributed by atoms with van der Waals surface area (Å²) in [6, 6.07) is 68.6. The molecule has 0 spiro atoms. The third-order valence-corrected chi connectivity index (χ3v) is 12.2. The number of fused-ring (bicyclic) bond motifs is 6. The van der Waals surface area contributed by atoms with Crippen molar-refractivity contribution in [3.05, 3.63) is 188 Å². The van der Waals surface area contributed by atoms with Gasteiger partial charge >= 0.3 is 0 Å². The Kier molecular flexibility index (Phi) is 7.26. The van der Waals surface area contributed by atoms with E-state index in [1.807, 2.05) is 22.7 Å². The van der Waals surface area contributed by atoms with Crippen molar-refractivity contribution in [2.24, 2.45) is 0 Å². The molecule has 0 unspecified atom stereocenters. The van der Waals surface area contributed by atoms with Gasteiger partial charge in [0.05, 0.1) is 10.4 Å². The molecule has 2 heterocycles. The highest BCUT2D eigenvalue weighted by Gasteiger charge is 2.21. The highest BCUT2D eigenvalue weighted by molar-refractivity contribution is 7.26. The molecule has 0 radical (unpaired) electrons. The third kappa shape index (κ3) is 5.21. The van der Waals surface area contributed by atoms with Crippen molar-refractivity contribution in [2.75, 3.05) is 4.90 Å². The molecule has 0 saturated heterocycles. The second-order valence-electron chi connectivity index (χ2n) is 12.9. The zero-order chi connectivity index (χ0) is 33.7. The molecule has 0 amide bonds. The Morgan fingerprint density at radius 3 is 1.53 bits per heavy atom. The van der Waals surface area contributed by atoms with Crippen LogP contribution in [-0.2, 0) is 0 Å². The molecule has 10 aromatic rings. The summed E-state index contributed by atoms with van der Waals surface area (Å²) in [5.41, 5.74) is 10.8. The molecule has 0 atom stereocenters. The third-order valence-electron chi connectivity index (χ3n) is 9.90. The van der Waals surface area contributed by atoms with Gasteiger partial charge in [0.2, 0.25) is 0 Å². The average Bonchev–Trinajstić information content (AvgIpc) is 3.78. The first-order valence-electron chi connectivity index (χ1n) is 17.3. The van der Waals surface area contributed by atoms with Crippen molar-refractivity contribution in [3.63, 3.8) is 0 Å². The van der Waals surface area contributed by atoms with Crippen molar-refractivity contribution < 1.29 is 0 Å². The van der Waals surface area contributed by atoms with Gasteiger partial charge in [-0.15, -0.1) is 22.7 Å². The van der Waals surface area contributed by atoms with Crippen LogP contribution in [0.15, 0.2) is 188 Å². The number of anilines is 3. The Morgan fingerprint density at radius 2 is 0.843 bits per heavy atom. The molecule has 0 aliphatic rings. The van der Waals surface area contributed by atoms with Crippen molar-refractivity contribution >= 4 is 80.1 Å². The molecule has 0 bridgehead atoms. The molecule has 3 heteroatoms. The number of thiophene rings is 2. The van der Waals surface area contributed by atoms with Crippen LogP contribution >= 0.6 is 22.7 Å². The maximum Gasteiger partial charge on any atom is 0.0640 e. The molecule has 8 aromatic carbocycles. The molecule has 51 heavy (non-hydrogen) atoms. The van der Waals surface area contributed by atoms with Crippen molar-refractivity contribution in [1.82, 2.24) is 0 Å². The smallest absolute Gasteiger partial charge is 0.0640 e. The van der Waals surface area contributed by atoms with Crippen LogP contribution in [0.1, 0.15) is 0 Å². The van der Waals surface area contributed by atoms with Crippen LogP contribution in [0.2, 0.25) is 0 Å². The molecule has 0 aliphatic heterocycles. The predicted molar refractivity (Wildman–Crippen MR) is 223 cm³/mol. The summed E-state index contributed by atoms with van der Waals surface area (Å²) in [6.45, 7) is 0. The molecular formula is C48H31NS2. The zero-order valence-corrected chi connectivity index (χ0v) is 29.3. The number of hydrogen-bond donors (Lipinski definition) is 0. The predicted octanol–water partition coefficient (Wildman–Crippen LogP) is 14.9. The minimum Gasteiger partial charge on any atom is -0.309 e. The summed E-state index contributed by atoms with van der Waals surface area (Å²) in [5.74, 6) is 0. The Bertz CT molecular complexity index is 2830. The normalized spacial score (nSPS) is 11.5. The van der Waals surface area contributed by atoms with Crippen LogP contribution < -0.4 is 4.90 Å². The molecule has 0 aliphatic carbocycles. The number of nitrogens with zero attached hydrogens (tertiary/aromatic N) is 1. The number of benzene rings is 8. The lowest BCUT2D eigenvalue weighted by molar-refractivity contribution is 1.30. The molecule has 2 aromatic heterocycles. The fourth-order valence-electron chi connectivity index (χ4n) is 7.42. The summed E-state index contributed by atoms with van der Waals surface area (Å²) < 4.78 is 5.24. The molecule has 1 nitrogen and oxygen atoms in total. The van der Waals surface area contributed by atoms with Gasteiger partial charge in [0.1, 0.15) is 0 Å². The molecule has 0 saturated carbocycles. The summed E-state index contributed by atoms with van der Waals surface area (Å²) in [7, 11) is 0. The van der Waals surface area contributed by atoms with Crippen LogP contribution in [0.5, 0.6) is 0 Å². The Hall–Kier alpha value is -6.00. The van der Waals surface area contributed by atoms with Gasteiger partial charge in [0.25, 0.3) is 0 Å². The van der Waals surface area contributed by atoms with Crippen molar-refractivity contribution in [3.8, 4) is 33.4 Å². The van der Waals surface area contributed by atoms with E-state index >= 15 is 0 Å². The van der Waals surface area contributed by atoms with E-state index in [1.54, 1.807) is 0 Å². The Morgan fingerprint density at radius 1 is 0.333 bits per heavy atom. The average molecular weight is 686 g/mol. The van der Waals surface area contributed by atoms with Gasteiger partial charge in [-0.1, -0.05) is 133 Å². The van der Waals surface area contributed by atoms with Crippen molar-refractivity contribution in [2.45, 2.75) is 0 Å². The van der Waals surface area contributed by atoms with Gasteiger partial charge in [-0.05, 0) is 88.0 Å². The van der Waals surface area contributed by atoms with E-state index < -0.39 is 0 Å². The Balaban J connectivity index is 1.14. The van der Waals surface area contributed by atoms with E-state index in [0.29, 0.717) is 0 Å².